The molecule has 1 saturated heterocycles. The molecule has 1 aliphatic carbocycles. The second-order valence-corrected chi connectivity index (χ2v) is 4.46. The Kier molecular flexibility index (Phi) is 3.23. The number of rotatable bonds is 2. The van der Waals surface area contributed by atoms with Gasteiger partial charge in [-0.25, -0.2) is 0 Å². The first-order valence-corrected chi connectivity index (χ1v) is 5.88. The molecule has 2 heteroatoms. The average molecular weight is 182 g/mol. The van der Waals surface area contributed by atoms with Crippen LogP contribution < -0.4 is 10.6 Å². The first-order valence-electron chi connectivity index (χ1n) is 5.88. The average Bonchev–Trinajstić information content (AvgIpc) is 2.19. The number of hydrogen-bond acceptors (Lipinski definition) is 2. The van der Waals surface area contributed by atoms with Crippen LogP contribution in [0.1, 0.15) is 39.0 Å². The SMILES string of the molecule is CCN[C@@H]1CCN[C@H]2CCCC[C@H]21. The summed E-state index contributed by atoms with van der Waals surface area (Å²) >= 11 is 0. The number of fused-ring (bicyclic) bond motifs is 1. The molecular weight excluding hydrogens is 160 g/mol. The summed E-state index contributed by atoms with van der Waals surface area (Å²) in [6.07, 6.45) is 7.06. The molecule has 2 N–H and O–H groups in total. The summed E-state index contributed by atoms with van der Waals surface area (Å²) in [4.78, 5) is 0. The van der Waals surface area contributed by atoms with E-state index in [1.54, 1.807) is 0 Å². The Balaban J connectivity index is 1.94. The normalized spacial score (nSPS) is 39.9. The molecule has 1 heterocycles. The predicted octanol–water partition coefficient (Wildman–Crippen LogP) is 1.52. The van der Waals surface area contributed by atoms with Gasteiger partial charge in [0.05, 0.1) is 0 Å². The van der Waals surface area contributed by atoms with Crippen molar-refractivity contribution >= 4 is 0 Å². The van der Waals surface area contributed by atoms with E-state index in [0.29, 0.717) is 0 Å². The summed E-state index contributed by atoms with van der Waals surface area (Å²) in [7, 11) is 0. The first-order chi connectivity index (χ1) is 6.42. The Bertz CT molecular complexity index is 154. The highest BCUT2D eigenvalue weighted by Gasteiger charge is 2.33. The van der Waals surface area contributed by atoms with Crippen molar-refractivity contribution in [3.63, 3.8) is 0 Å². The van der Waals surface area contributed by atoms with Gasteiger partial charge in [-0.15, -0.1) is 0 Å². The van der Waals surface area contributed by atoms with Gasteiger partial charge in [-0.2, -0.15) is 0 Å². The molecule has 2 nitrogen and oxygen atoms in total. The molecule has 0 radical (unpaired) electrons. The largest absolute Gasteiger partial charge is 0.314 e. The third-order valence-electron chi connectivity index (χ3n) is 3.66. The highest BCUT2D eigenvalue weighted by Crippen LogP contribution is 2.30. The van der Waals surface area contributed by atoms with Crippen molar-refractivity contribution < 1.29 is 0 Å². The topological polar surface area (TPSA) is 24.1 Å². The minimum atomic E-state index is 0.802. The maximum Gasteiger partial charge on any atom is 0.0122 e. The van der Waals surface area contributed by atoms with Crippen LogP contribution in [-0.4, -0.2) is 25.2 Å². The Morgan fingerprint density at radius 3 is 2.92 bits per heavy atom. The molecule has 0 amide bonds. The molecule has 0 unspecified atom stereocenters. The molecule has 2 aliphatic rings. The van der Waals surface area contributed by atoms with Gasteiger partial charge in [0.15, 0.2) is 0 Å². The molecule has 2 rings (SSSR count). The van der Waals surface area contributed by atoms with Crippen LogP contribution in [-0.2, 0) is 0 Å². The Morgan fingerprint density at radius 1 is 1.23 bits per heavy atom. The van der Waals surface area contributed by atoms with Crippen LogP contribution in [0.4, 0.5) is 0 Å². The van der Waals surface area contributed by atoms with Crippen LogP contribution in [0.5, 0.6) is 0 Å². The lowest BCUT2D eigenvalue weighted by Crippen LogP contribution is -2.54. The lowest BCUT2D eigenvalue weighted by Gasteiger charge is -2.42. The standard InChI is InChI=1S/C11H22N2/c1-2-12-11-7-8-13-10-6-4-3-5-9(10)11/h9-13H,2-8H2,1H3/t9-,10+,11-/m1/s1. The van der Waals surface area contributed by atoms with Gasteiger partial charge in [0.2, 0.25) is 0 Å². The second kappa shape index (κ2) is 4.43. The van der Waals surface area contributed by atoms with Gasteiger partial charge < -0.3 is 10.6 Å². The van der Waals surface area contributed by atoms with Crippen molar-refractivity contribution in [3.05, 3.63) is 0 Å². The van der Waals surface area contributed by atoms with Crippen molar-refractivity contribution in [3.8, 4) is 0 Å². The minimum absolute atomic E-state index is 0.802. The Morgan fingerprint density at radius 2 is 2.08 bits per heavy atom. The minimum Gasteiger partial charge on any atom is -0.314 e. The maximum atomic E-state index is 3.67. The summed E-state index contributed by atoms with van der Waals surface area (Å²) in [5.41, 5.74) is 0. The Hall–Kier alpha value is -0.0800. The molecule has 0 aromatic heterocycles. The van der Waals surface area contributed by atoms with Gasteiger partial charge in [-0.1, -0.05) is 19.8 Å². The van der Waals surface area contributed by atoms with E-state index in [9.17, 15) is 0 Å². The summed E-state index contributed by atoms with van der Waals surface area (Å²) in [5, 5.41) is 7.31. The molecule has 1 saturated carbocycles. The predicted molar refractivity (Wildman–Crippen MR) is 55.8 cm³/mol. The molecule has 1 aliphatic heterocycles. The summed E-state index contributed by atoms with van der Waals surface area (Å²) in [6, 6.07) is 1.63. The number of hydrogen-bond donors (Lipinski definition) is 2. The fourth-order valence-electron chi connectivity index (χ4n) is 3.05. The van der Waals surface area contributed by atoms with Crippen LogP contribution in [0.25, 0.3) is 0 Å². The molecule has 0 spiro atoms. The number of nitrogens with one attached hydrogen (secondary N) is 2. The fraction of sp³-hybridized carbons (Fsp3) is 1.00. The zero-order chi connectivity index (χ0) is 9.10. The van der Waals surface area contributed by atoms with E-state index in [-0.39, 0.29) is 0 Å². The molecule has 2 fully saturated rings. The zero-order valence-electron chi connectivity index (χ0n) is 8.68. The monoisotopic (exact) mass is 182 g/mol. The first kappa shape index (κ1) is 9.47. The van der Waals surface area contributed by atoms with Crippen LogP contribution in [0, 0.1) is 5.92 Å². The molecule has 13 heavy (non-hydrogen) atoms. The molecule has 76 valence electrons. The van der Waals surface area contributed by atoms with E-state index in [0.717, 1.165) is 24.5 Å². The van der Waals surface area contributed by atoms with Gasteiger partial charge in [-0.3, -0.25) is 0 Å². The quantitative estimate of drug-likeness (QED) is 0.676. The van der Waals surface area contributed by atoms with E-state index in [4.69, 9.17) is 0 Å². The van der Waals surface area contributed by atoms with Gasteiger partial charge >= 0.3 is 0 Å². The molecule has 0 aromatic rings. The van der Waals surface area contributed by atoms with E-state index in [1.807, 2.05) is 0 Å². The van der Waals surface area contributed by atoms with Crippen molar-refractivity contribution in [2.24, 2.45) is 5.92 Å². The van der Waals surface area contributed by atoms with Crippen molar-refractivity contribution in [1.82, 2.24) is 10.6 Å². The van der Waals surface area contributed by atoms with Gasteiger partial charge in [0, 0.05) is 12.1 Å². The van der Waals surface area contributed by atoms with E-state index >= 15 is 0 Å². The lowest BCUT2D eigenvalue weighted by molar-refractivity contribution is 0.163. The molecule has 0 aromatic carbocycles. The third-order valence-corrected chi connectivity index (χ3v) is 3.66. The van der Waals surface area contributed by atoms with E-state index in [2.05, 4.69) is 17.6 Å². The van der Waals surface area contributed by atoms with Crippen LogP contribution >= 0.6 is 0 Å². The van der Waals surface area contributed by atoms with Crippen molar-refractivity contribution in [1.29, 1.82) is 0 Å². The van der Waals surface area contributed by atoms with Crippen molar-refractivity contribution in [2.75, 3.05) is 13.1 Å². The lowest BCUT2D eigenvalue weighted by atomic mass is 9.76. The fourth-order valence-corrected chi connectivity index (χ4v) is 3.05. The van der Waals surface area contributed by atoms with Crippen LogP contribution in [0.15, 0.2) is 0 Å². The van der Waals surface area contributed by atoms with Crippen LogP contribution in [0.2, 0.25) is 0 Å². The van der Waals surface area contributed by atoms with Gasteiger partial charge in [0.25, 0.3) is 0 Å². The third kappa shape index (κ3) is 2.05. The molecule has 0 bridgehead atoms. The van der Waals surface area contributed by atoms with Crippen LogP contribution in [0.3, 0.4) is 0 Å². The summed E-state index contributed by atoms with van der Waals surface area (Å²) in [5.74, 6) is 0.919. The maximum absolute atomic E-state index is 3.67. The molecule has 3 atom stereocenters. The van der Waals surface area contributed by atoms with Gasteiger partial charge in [-0.05, 0) is 38.3 Å². The zero-order valence-corrected chi connectivity index (χ0v) is 8.68. The van der Waals surface area contributed by atoms with E-state index < -0.39 is 0 Å². The smallest absolute Gasteiger partial charge is 0.0122 e. The number of piperidine rings is 1. The van der Waals surface area contributed by atoms with E-state index in [1.165, 1.54) is 38.6 Å². The second-order valence-electron chi connectivity index (χ2n) is 4.46. The highest BCUT2D eigenvalue weighted by molar-refractivity contribution is 4.92. The highest BCUT2D eigenvalue weighted by atomic mass is 15.0. The molecular formula is C11H22N2. The summed E-state index contributed by atoms with van der Waals surface area (Å²) in [6.45, 7) is 4.58. The van der Waals surface area contributed by atoms with Crippen molar-refractivity contribution in [2.45, 2.75) is 51.1 Å². The van der Waals surface area contributed by atoms with Gasteiger partial charge in [0.1, 0.15) is 0 Å². The summed E-state index contributed by atoms with van der Waals surface area (Å²) < 4.78 is 0. The Labute approximate surface area is 81.5 Å².